The smallest absolute Gasteiger partial charge is 0.192 e. The van der Waals surface area contributed by atoms with Crippen LogP contribution in [0, 0.1) is 0 Å². The van der Waals surface area contributed by atoms with Crippen molar-refractivity contribution in [3.05, 3.63) is 0 Å². The Morgan fingerprint density at radius 1 is 1.00 bits per heavy atom. The van der Waals surface area contributed by atoms with Gasteiger partial charge in [-0.25, -0.2) is 0 Å². The minimum Gasteiger partial charge on any atom is -0.414 e. The lowest BCUT2D eigenvalue weighted by atomic mass is 10.1. The number of unbranched alkanes of at least 4 members (excludes halogenated alkanes) is 2. The van der Waals surface area contributed by atoms with Gasteiger partial charge in [0.25, 0.3) is 0 Å². The number of aliphatic hydroxyl groups is 1. The van der Waals surface area contributed by atoms with Crippen LogP contribution in [0.3, 0.4) is 0 Å². The van der Waals surface area contributed by atoms with Crippen molar-refractivity contribution >= 4 is 8.32 Å². The quantitative estimate of drug-likeness (QED) is 0.461. The zero-order chi connectivity index (χ0) is 14.8. The third-order valence-electron chi connectivity index (χ3n) is 4.89. The molecule has 1 N–H and O–H groups in total. The molecule has 1 aliphatic rings. The van der Waals surface area contributed by atoms with Crippen LogP contribution in [-0.4, -0.2) is 38.8 Å². The van der Waals surface area contributed by atoms with Crippen molar-refractivity contribution < 1.29 is 14.3 Å². The Labute approximate surface area is 126 Å². The van der Waals surface area contributed by atoms with Crippen molar-refractivity contribution in [2.75, 3.05) is 13.2 Å². The van der Waals surface area contributed by atoms with Crippen LogP contribution in [0.15, 0.2) is 0 Å². The zero-order valence-corrected chi connectivity index (χ0v) is 14.7. The lowest BCUT2D eigenvalue weighted by Gasteiger charge is -2.29. The molecule has 0 saturated carbocycles. The van der Waals surface area contributed by atoms with Crippen LogP contribution in [-0.2, 0) is 9.16 Å². The maximum Gasteiger partial charge on any atom is 0.192 e. The van der Waals surface area contributed by atoms with E-state index >= 15 is 0 Å². The Morgan fingerprint density at radius 3 is 2.25 bits per heavy atom. The number of hydrogen-bond donors (Lipinski definition) is 1. The highest BCUT2D eigenvalue weighted by molar-refractivity contribution is 6.73. The first-order valence-corrected chi connectivity index (χ1v) is 11.1. The molecule has 120 valence electrons. The molecule has 0 unspecified atom stereocenters. The number of ether oxygens (including phenoxy) is 1. The molecule has 0 radical (unpaired) electrons. The standard InChI is InChI=1S/C16H34O3Si/c1-4-20(5-2,6-3)18-14-16-12-11-15(19-16)10-8-7-9-13-17/h15-17H,4-14H2,1-3H3/t15-,16+/m1/s1. The average molecular weight is 303 g/mol. The number of hydrogen-bond acceptors (Lipinski definition) is 3. The second-order valence-corrected chi connectivity index (χ2v) is 10.9. The van der Waals surface area contributed by atoms with Crippen molar-refractivity contribution in [3.8, 4) is 0 Å². The van der Waals surface area contributed by atoms with Crippen LogP contribution in [0.2, 0.25) is 18.1 Å². The van der Waals surface area contributed by atoms with Crippen LogP contribution in [0.1, 0.15) is 59.3 Å². The van der Waals surface area contributed by atoms with E-state index < -0.39 is 8.32 Å². The largest absolute Gasteiger partial charge is 0.414 e. The highest BCUT2D eigenvalue weighted by Crippen LogP contribution is 2.27. The van der Waals surface area contributed by atoms with E-state index in [-0.39, 0.29) is 0 Å². The normalized spacial score (nSPS) is 23.4. The molecule has 0 aromatic heterocycles. The molecule has 20 heavy (non-hydrogen) atoms. The Kier molecular flexibility index (Phi) is 9.01. The van der Waals surface area contributed by atoms with Gasteiger partial charge in [-0.05, 0) is 43.8 Å². The van der Waals surface area contributed by atoms with Gasteiger partial charge in [0.15, 0.2) is 8.32 Å². The molecule has 4 heteroatoms. The number of aliphatic hydroxyl groups excluding tert-OH is 1. The molecule has 0 spiro atoms. The summed E-state index contributed by atoms with van der Waals surface area (Å²) in [6, 6.07) is 3.66. The molecular formula is C16H34O3Si. The summed E-state index contributed by atoms with van der Waals surface area (Å²) in [7, 11) is -1.45. The van der Waals surface area contributed by atoms with Crippen LogP contribution < -0.4 is 0 Å². The topological polar surface area (TPSA) is 38.7 Å². The number of rotatable bonds is 11. The Hall–Kier alpha value is 0.0969. The molecule has 1 saturated heterocycles. The molecule has 0 aliphatic carbocycles. The molecule has 0 aromatic rings. The van der Waals surface area contributed by atoms with E-state index in [4.69, 9.17) is 14.3 Å². The van der Waals surface area contributed by atoms with Crippen LogP contribution in [0.5, 0.6) is 0 Å². The van der Waals surface area contributed by atoms with Gasteiger partial charge in [0, 0.05) is 6.61 Å². The molecular weight excluding hydrogens is 268 g/mol. The summed E-state index contributed by atoms with van der Waals surface area (Å²) in [5.74, 6) is 0. The first kappa shape index (κ1) is 18.1. The summed E-state index contributed by atoms with van der Waals surface area (Å²) >= 11 is 0. The Bertz CT molecular complexity index is 236. The van der Waals surface area contributed by atoms with Crippen LogP contribution >= 0.6 is 0 Å². The van der Waals surface area contributed by atoms with Crippen LogP contribution in [0.4, 0.5) is 0 Å². The minimum absolute atomic E-state index is 0.319. The summed E-state index contributed by atoms with van der Waals surface area (Å²) in [5, 5.41) is 8.77. The van der Waals surface area contributed by atoms with Crippen molar-refractivity contribution in [1.29, 1.82) is 0 Å². The SMILES string of the molecule is CC[Si](CC)(CC)OC[C@@H]1CC[C@@H](CCCCCO)O1. The summed E-state index contributed by atoms with van der Waals surface area (Å²) in [6.07, 6.45) is 7.48. The first-order chi connectivity index (χ1) is 9.69. The van der Waals surface area contributed by atoms with Gasteiger partial charge < -0.3 is 14.3 Å². The maximum atomic E-state index is 8.77. The van der Waals surface area contributed by atoms with E-state index in [1.54, 1.807) is 0 Å². The van der Waals surface area contributed by atoms with Gasteiger partial charge in [-0.2, -0.15) is 0 Å². The Balaban J connectivity index is 2.20. The lowest BCUT2D eigenvalue weighted by molar-refractivity contribution is 0.0109. The molecule has 0 amide bonds. The van der Waals surface area contributed by atoms with Crippen molar-refractivity contribution in [1.82, 2.24) is 0 Å². The molecule has 1 heterocycles. The fraction of sp³-hybridized carbons (Fsp3) is 1.00. The molecule has 1 rings (SSSR count). The van der Waals surface area contributed by atoms with Crippen molar-refractivity contribution in [2.24, 2.45) is 0 Å². The van der Waals surface area contributed by atoms with Gasteiger partial charge in [-0.15, -0.1) is 0 Å². The van der Waals surface area contributed by atoms with Gasteiger partial charge in [-0.1, -0.05) is 33.6 Å². The van der Waals surface area contributed by atoms with Gasteiger partial charge in [0.1, 0.15) is 0 Å². The third-order valence-corrected chi connectivity index (χ3v) is 9.53. The molecule has 0 aromatic carbocycles. The van der Waals surface area contributed by atoms with Gasteiger partial charge in [-0.3, -0.25) is 0 Å². The second-order valence-electron chi connectivity index (χ2n) is 6.09. The van der Waals surface area contributed by atoms with E-state index in [9.17, 15) is 0 Å². The second kappa shape index (κ2) is 9.93. The molecule has 2 atom stereocenters. The summed E-state index contributed by atoms with van der Waals surface area (Å²) in [6.45, 7) is 7.96. The van der Waals surface area contributed by atoms with E-state index in [1.165, 1.54) is 31.0 Å². The molecule has 1 aliphatic heterocycles. The van der Waals surface area contributed by atoms with Crippen molar-refractivity contribution in [2.45, 2.75) is 89.6 Å². The summed E-state index contributed by atoms with van der Waals surface area (Å²) in [4.78, 5) is 0. The first-order valence-electron chi connectivity index (χ1n) is 8.60. The van der Waals surface area contributed by atoms with E-state index in [0.29, 0.717) is 18.8 Å². The highest BCUT2D eigenvalue weighted by atomic mass is 28.4. The lowest BCUT2D eigenvalue weighted by Crippen LogP contribution is -2.38. The van der Waals surface area contributed by atoms with Crippen molar-refractivity contribution in [3.63, 3.8) is 0 Å². The third kappa shape index (κ3) is 5.84. The molecule has 1 fully saturated rings. The zero-order valence-electron chi connectivity index (χ0n) is 13.7. The van der Waals surface area contributed by atoms with E-state index in [0.717, 1.165) is 32.3 Å². The predicted molar refractivity (Wildman–Crippen MR) is 86.6 cm³/mol. The van der Waals surface area contributed by atoms with Gasteiger partial charge in [0.2, 0.25) is 0 Å². The predicted octanol–water partition coefficient (Wildman–Crippen LogP) is 4.11. The van der Waals surface area contributed by atoms with Crippen LogP contribution in [0.25, 0.3) is 0 Å². The molecule has 0 bridgehead atoms. The monoisotopic (exact) mass is 302 g/mol. The van der Waals surface area contributed by atoms with E-state index in [1.807, 2.05) is 0 Å². The fourth-order valence-electron chi connectivity index (χ4n) is 3.10. The highest BCUT2D eigenvalue weighted by Gasteiger charge is 2.32. The fourth-order valence-corrected chi connectivity index (χ4v) is 5.75. The van der Waals surface area contributed by atoms with Gasteiger partial charge in [0.05, 0.1) is 18.8 Å². The minimum atomic E-state index is -1.45. The average Bonchev–Trinajstić information content (AvgIpc) is 2.94. The van der Waals surface area contributed by atoms with Gasteiger partial charge >= 0.3 is 0 Å². The molecule has 3 nitrogen and oxygen atoms in total. The summed E-state index contributed by atoms with van der Waals surface area (Å²) in [5.41, 5.74) is 0. The maximum absolute atomic E-state index is 8.77. The van der Waals surface area contributed by atoms with E-state index in [2.05, 4.69) is 20.8 Å². The Morgan fingerprint density at radius 2 is 1.65 bits per heavy atom. The summed E-state index contributed by atoms with van der Waals surface area (Å²) < 4.78 is 12.4.